The Labute approximate surface area is 108 Å². The standard InChI is InChI=1S/C14H21N3O/c18-14-3-1-12(2-4-14)9-16-10-13(11-16)17-7-5-15-6-8-17/h1-4,13,15,18H,5-11H2. The Morgan fingerprint density at radius 3 is 2.44 bits per heavy atom. The molecular formula is C14H21N3O. The van der Waals surface area contributed by atoms with E-state index in [-0.39, 0.29) is 0 Å². The van der Waals surface area contributed by atoms with Crippen LogP contribution in [0.25, 0.3) is 0 Å². The molecule has 0 spiro atoms. The van der Waals surface area contributed by atoms with Crippen LogP contribution in [0.15, 0.2) is 24.3 Å². The molecule has 0 aliphatic carbocycles. The first kappa shape index (κ1) is 12.0. The number of hydrogen-bond donors (Lipinski definition) is 2. The van der Waals surface area contributed by atoms with Gasteiger partial charge in [0.15, 0.2) is 0 Å². The van der Waals surface area contributed by atoms with E-state index in [4.69, 9.17) is 0 Å². The highest BCUT2D eigenvalue weighted by Crippen LogP contribution is 2.19. The zero-order valence-electron chi connectivity index (χ0n) is 10.7. The number of phenolic OH excluding ortho intramolecular Hbond substituents is 1. The van der Waals surface area contributed by atoms with Gasteiger partial charge in [-0.05, 0) is 17.7 Å². The summed E-state index contributed by atoms with van der Waals surface area (Å²) in [5.41, 5.74) is 1.28. The molecule has 98 valence electrons. The van der Waals surface area contributed by atoms with Crippen LogP contribution in [0.3, 0.4) is 0 Å². The minimum atomic E-state index is 0.348. The molecule has 0 amide bonds. The van der Waals surface area contributed by atoms with Gasteiger partial charge in [0, 0.05) is 51.9 Å². The third-order valence-corrected chi connectivity index (χ3v) is 3.95. The Morgan fingerprint density at radius 1 is 1.11 bits per heavy atom. The maximum atomic E-state index is 9.25. The van der Waals surface area contributed by atoms with Crippen LogP contribution in [0.1, 0.15) is 5.56 Å². The highest BCUT2D eigenvalue weighted by molar-refractivity contribution is 5.26. The Kier molecular flexibility index (Phi) is 3.50. The van der Waals surface area contributed by atoms with Crippen LogP contribution < -0.4 is 5.32 Å². The first-order chi connectivity index (χ1) is 8.81. The lowest BCUT2D eigenvalue weighted by Crippen LogP contribution is -2.62. The fraction of sp³-hybridized carbons (Fsp3) is 0.571. The van der Waals surface area contributed by atoms with Crippen molar-refractivity contribution in [2.24, 2.45) is 0 Å². The van der Waals surface area contributed by atoms with Gasteiger partial charge in [0.1, 0.15) is 5.75 Å². The quantitative estimate of drug-likeness (QED) is 0.815. The summed E-state index contributed by atoms with van der Waals surface area (Å²) in [6.45, 7) is 8.02. The van der Waals surface area contributed by atoms with Crippen LogP contribution in [0, 0.1) is 0 Å². The molecule has 2 saturated heterocycles. The molecule has 2 fully saturated rings. The fourth-order valence-electron chi connectivity index (χ4n) is 2.81. The smallest absolute Gasteiger partial charge is 0.115 e. The average molecular weight is 247 g/mol. The van der Waals surface area contributed by atoms with Crippen molar-refractivity contribution in [3.63, 3.8) is 0 Å². The van der Waals surface area contributed by atoms with Gasteiger partial charge in [0.05, 0.1) is 0 Å². The van der Waals surface area contributed by atoms with Crippen LogP contribution in [-0.4, -0.2) is 60.2 Å². The van der Waals surface area contributed by atoms with E-state index in [9.17, 15) is 5.11 Å². The summed E-state index contributed by atoms with van der Waals surface area (Å²) in [7, 11) is 0. The molecular weight excluding hydrogens is 226 g/mol. The van der Waals surface area contributed by atoms with Crippen molar-refractivity contribution in [2.75, 3.05) is 39.3 Å². The molecule has 0 saturated carbocycles. The van der Waals surface area contributed by atoms with E-state index in [0.717, 1.165) is 25.7 Å². The maximum Gasteiger partial charge on any atom is 0.115 e. The average Bonchev–Trinajstić information content (AvgIpc) is 2.36. The van der Waals surface area contributed by atoms with E-state index in [1.165, 1.54) is 31.7 Å². The molecule has 2 aliphatic rings. The number of rotatable bonds is 3. The fourth-order valence-corrected chi connectivity index (χ4v) is 2.81. The Hall–Kier alpha value is -1.10. The number of nitrogens with zero attached hydrogens (tertiary/aromatic N) is 2. The molecule has 0 atom stereocenters. The van der Waals surface area contributed by atoms with Crippen molar-refractivity contribution in [1.82, 2.24) is 15.1 Å². The van der Waals surface area contributed by atoms with E-state index in [1.807, 2.05) is 12.1 Å². The lowest BCUT2D eigenvalue weighted by Gasteiger charge is -2.46. The summed E-state index contributed by atoms with van der Waals surface area (Å²) in [4.78, 5) is 5.07. The Morgan fingerprint density at radius 2 is 1.78 bits per heavy atom. The number of nitrogens with one attached hydrogen (secondary N) is 1. The number of likely N-dealkylation sites (tertiary alicyclic amines) is 1. The molecule has 2 N–H and O–H groups in total. The molecule has 2 aliphatic heterocycles. The van der Waals surface area contributed by atoms with Gasteiger partial charge in [-0.3, -0.25) is 9.80 Å². The van der Waals surface area contributed by atoms with Gasteiger partial charge in [-0.2, -0.15) is 0 Å². The molecule has 1 aromatic carbocycles. The summed E-state index contributed by atoms with van der Waals surface area (Å²) >= 11 is 0. The SMILES string of the molecule is Oc1ccc(CN2CC(N3CCNCC3)C2)cc1. The minimum Gasteiger partial charge on any atom is -0.508 e. The van der Waals surface area contributed by atoms with Crippen molar-refractivity contribution in [1.29, 1.82) is 0 Å². The molecule has 4 nitrogen and oxygen atoms in total. The molecule has 1 aromatic rings. The van der Waals surface area contributed by atoms with Crippen LogP contribution >= 0.6 is 0 Å². The van der Waals surface area contributed by atoms with Crippen molar-refractivity contribution in [3.8, 4) is 5.75 Å². The first-order valence-corrected chi connectivity index (χ1v) is 6.76. The molecule has 2 heterocycles. The number of benzene rings is 1. The van der Waals surface area contributed by atoms with E-state index in [2.05, 4.69) is 15.1 Å². The van der Waals surface area contributed by atoms with E-state index >= 15 is 0 Å². The molecule has 18 heavy (non-hydrogen) atoms. The third kappa shape index (κ3) is 2.66. The normalized spacial score (nSPS) is 22.9. The number of phenols is 1. The summed E-state index contributed by atoms with van der Waals surface area (Å²) in [6, 6.07) is 8.30. The lowest BCUT2D eigenvalue weighted by molar-refractivity contribution is 0.0223. The van der Waals surface area contributed by atoms with E-state index in [1.54, 1.807) is 12.1 Å². The zero-order chi connectivity index (χ0) is 12.4. The van der Waals surface area contributed by atoms with Gasteiger partial charge in [0.2, 0.25) is 0 Å². The van der Waals surface area contributed by atoms with Gasteiger partial charge < -0.3 is 10.4 Å². The summed E-state index contributed by atoms with van der Waals surface area (Å²) in [6.07, 6.45) is 0. The number of aromatic hydroxyl groups is 1. The van der Waals surface area contributed by atoms with Crippen LogP contribution in [0.2, 0.25) is 0 Å². The van der Waals surface area contributed by atoms with Gasteiger partial charge in [-0.25, -0.2) is 0 Å². The van der Waals surface area contributed by atoms with Gasteiger partial charge in [-0.15, -0.1) is 0 Å². The Balaban J connectivity index is 1.46. The predicted molar refractivity (Wildman–Crippen MR) is 71.6 cm³/mol. The Bertz CT molecular complexity index is 381. The minimum absolute atomic E-state index is 0.348. The van der Waals surface area contributed by atoms with Gasteiger partial charge in [-0.1, -0.05) is 12.1 Å². The van der Waals surface area contributed by atoms with Crippen LogP contribution in [-0.2, 0) is 6.54 Å². The number of hydrogen-bond acceptors (Lipinski definition) is 4. The zero-order valence-corrected chi connectivity index (χ0v) is 10.7. The second-order valence-corrected chi connectivity index (χ2v) is 5.30. The topological polar surface area (TPSA) is 38.7 Å². The van der Waals surface area contributed by atoms with Crippen molar-refractivity contribution >= 4 is 0 Å². The first-order valence-electron chi connectivity index (χ1n) is 6.76. The van der Waals surface area contributed by atoms with Crippen molar-refractivity contribution in [2.45, 2.75) is 12.6 Å². The maximum absolute atomic E-state index is 9.25. The summed E-state index contributed by atoms with van der Waals surface area (Å²) in [5, 5.41) is 12.6. The van der Waals surface area contributed by atoms with Crippen molar-refractivity contribution in [3.05, 3.63) is 29.8 Å². The monoisotopic (exact) mass is 247 g/mol. The van der Waals surface area contributed by atoms with E-state index in [0.29, 0.717) is 5.75 Å². The van der Waals surface area contributed by atoms with Crippen molar-refractivity contribution < 1.29 is 5.11 Å². The van der Waals surface area contributed by atoms with E-state index < -0.39 is 0 Å². The van der Waals surface area contributed by atoms with Gasteiger partial charge >= 0.3 is 0 Å². The molecule has 3 rings (SSSR count). The molecule has 0 bridgehead atoms. The molecule has 0 unspecified atom stereocenters. The van der Waals surface area contributed by atoms with Gasteiger partial charge in [0.25, 0.3) is 0 Å². The second kappa shape index (κ2) is 5.26. The third-order valence-electron chi connectivity index (χ3n) is 3.95. The highest BCUT2D eigenvalue weighted by atomic mass is 16.3. The highest BCUT2D eigenvalue weighted by Gasteiger charge is 2.31. The van der Waals surface area contributed by atoms with Crippen LogP contribution in [0.4, 0.5) is 0 Å². The predicted octanol–water partition coefficient (Wildman–Crippen LogP) is 0.482. The van der Waals surface area contributed by atoms with Crippen LogP contribution in [0.5, 0.6) is 5.75 Å². The number of piperazine rings is 1. The molecule has 0 radical (unpaired) electrons. The second-order valence-electron chi connectivity index (χ2n) is 5.30. The summed E-state index contributed by atoms with van der Waals surface area (Å²) < 4.78 is 0. The largest absolute Gasteiger partial charge is 0.508 e. The summed E-state index contributed by atoms with van der Waals surface area (Å²) in [5.74, 6) is 0.348. The lowest BCUT2D eigenvalue weighted by atomic mass is 10.0. The molecule has 0 aromatic heterocycles. The molecule has 4 heteroatoms.